The first-order chi connectivity index (χ1) is 13.1. The number of carbonyl (C=O) groups excluding carboxylic acids is 1. The van der Waals surface area contributed by atoms with Crippen LogP contribution < -0.4 is 5.32 Å². The van der Waals surface area contributed by atoms with Crippen molar-refractivity contribution in [2.75, 3.05) is 18.4 Å². The maximum absolute atomic E-state index is 12.0. The van der Waals surface area contributed by atoms with E-state index in [9.17, 15) is 19.1 Å². The summed E-state index contributed by atoms with van der Waals surface area (Å²) in [5.41, 5.74) is 0.0298. The Balaban J connectivity index is 0.000000282. The number of rotatable bonds is 5. The third-order valence-corrected chi connectivity index (χ3v) is 4.93. The van der Waals surface area contributed by atoms with Crippen molar-refractivity contribution >= 4 is 28.9 Å². The lowest BCUT2D eigenvalue weighted by atomic mass is 10.3. The Kier molecular flexibility index (Phi) is 10.5. The van der Waals surface area contributed by atoms with Crippen molar-refractivity contribution in [1.29, 1.82) is 0 Å². The first-order valence-corrected chi connectivity index (χ1v) is 9.75. The molecule has 0 saturated carbocycles. The standard InChI is InChI=1S/C10H12N2O3S.C6H6N2O.C2H6/c13-12(14)9-3-5-10(6-4-9)16(15)11-7-1-2-8-11;9-5-8-6-3-1-2-4-7-6;1-2/h3-6H,1-2,7-8H2;1-5H,(H,7,8,9);1-2H3. The van der Waals surface area contributed by atoms with Gasteiger partial charge in [-0.1, -0.05) is 19.9 Å². The minimum absolute atomic E-state index is 0.0298. The maximum Gasteiger partial charge on any atom is 0.269 e. The van der Waals surface area contributed by atoms with Crippen LogP contribution >= 0.6 is 0 Å². The summed E-state index contributed by atoms with van der Waals surface area (Å²) in [6.45, 7) is 5.67. The summed E-state index contributed by atoms with van der Waals surface area (Å²) >= 11 is 0. The molecular weight excluding hydrogens is 368 g/mol. The summed E-state index contributed by atoms with van der Waals surface area (Å²) in [6.07, 6.45) is 4.35. The number of nitrogens with zero attached hydrogens (tertiary/aromatic N) is 3. The Hall–Kier alpha value is -2.65. The molecule has 1 aromatic heterocycles. The van der Waals surface area contributed by atoms with Gasteiger partial charge < -0.3 is 5.32 Å². The number of pyridine rings is 1. The van der Waals surface area contributed by atoms with Gasteiger partial charge in [-0.05, 0) is 37.1 Å². The number of hydrogen-bond donors (Lipinski definition) is 1. The normalized spacial score (nSPS) is 14.0. The van der Waals surface area contributed by atoms with Gasteiger partial charge in [0, 0.05) is 31.4 Å². The van der Waals surface area contributed by atoms with Gasteiger partial charge in [0.1, 0.15) is 16.8 Å². The Labute approximate surface area is 161 Å². The van der Waals surface area contributed by atoms with Crippen LogP contribution in [0.15, 0.2) is 53.6 Å². The Morgan fingerprint density at radius 2 is 1.78 bits per heavy atom. The van der Waals surface area contributed by atoms with Crippen molar-refractivity contribution in [2.45, 2.75) is 31.6 Å². The molecule has 0 aliphatic carbocycles. The van der Waals surface area contributed by atoms with Crippen molar-refractivity contribution in [2.24, 2.45) is 0 Å². The molecule has 2 heterocycles. The summed E-state index contributed by atoms with van der Waals surface area (Å²) in [6, 6.07) is 11.2. The van der Waals surface area contributed by atoms with Crippen LogP contribution in [0.3, 0.4) is 0 Å². The van der Waals surface area contributed by atoms with Gasteiger partial charge in [-0.3, -0.25) is 14.9 Å². The van der Waals surface area contributed by atoms with E-state index in [1.54, 1.807) is 36.5 Å². The second-order valence-corrected chi connectivity index (χ2v) is 6.60. The lowest BCUT2D eigenvalue weighted by Crippen LogP contribution is -2.21. The van der Waals surface area contributed by atoms with E-state index in [-0.39, 0.29) is 5.69 Å². The highest BCUT2D eigenvalue weighted by Crippen LogP contribution is 2.19. The van der Waals surface area contributed by atoms with Crippen LogP contribution in [0.25, 0.3) is 0 Å². The SMILES string of the molecule is CC.O=CNc1ccccn1.O=[N+]([O-])c1ccc(S(=O)N2CCCC2)cc1. The second kappa shape index (κ2) is 12.7. The third-order valence-electron chi connectivity index (χ3n) is 3.42. The predicted molar refractivity (Wildman–Crippen MR) is 106 cm³/mol. The van der Waals surface area contributed by atoms with Gasteiger partial charge in [-0.25, -0.2) is 13.5 Å². The lowest BCUT2D eigenvalue weighted by molar-refractivity contribution is -0.384. The number of amides is 1. The number of hydrogen-bond acceptors (Lipinski definition) is 5. The van der Waals surface area contributed by atoms with Crippen molar-refractivity contribution < 1.29 is 13.9 Å². The topological polar surface area (TPSA) is 105 Å². The number of nitro groups is 1. The zero-order chi connectivity index (χ0) is 20.1. The molecule has 1 fully saturated rings. The molecule has 0 radical (unpaired) electrons. The fraction of sp³-hybridized carbons (Fsp3) is 0.333. The van der Waals surface area contributed by atoms with Gasteiger partial charge in [-0.15, -0.1) is 0 Å². The minimum Gasteiger partial charge on any atom is -0.313 e. The van der Waals surface area contributed by atoms with Gasteiger partial charge >= 0.3 is 0 Å². The molecule has 1 aliphatic rings. The summed E-state index contributed by atoms with van der Waals surface area (Å²) in [5.74, 6) is 0.576. The largest absolute Gasteiger partial charge is 0.313 e. The average molecular weight is 392 g/mol. The molecule has 8 nitrogen and oxygen atoms in total. The molecule has 1 saturated heterocycles. The second-order valence-electron chi connectivity index (χ2n) is 5.11. The number of carbonyl (C=O) groups is 1. The number of nitrogens with one attached hydrogen (secondary N) is 1. The molecule has 146 valence electrons. The number of non-ortho nitro benzene ring substituents is 1. The van der Waals surface area contributed by atoms with Gasteiger partial charge in [-0.2, -0.15) is 0 Å². The lowest BCUT2D eigenvalue weighted by Gasteiger charge is -2.13. The first kappa shape index (κ1) is 22.4. The van der Waals surface area contributed by atoms with Gasteiger partial charge in [0.25, 0.3) is 5.69 Å². The van der Waals surface area contributed by atoms with Crippen LogP contribution in [0.5, 0.6) is 0 Å². The van der Waals surface area contributed by atoms with Gasteiger partial charge in [0.15, 0.2) is 0 Å². The molecule has 1 N–H and O–H groups in total. The van der Waals surface area contributed by atoms with E-state index in [1.807, 2.05) is 18.2 Å². The molecule has 1 aliphatic heterocycles. The van der Waals surface area contributed by atoms with E-state index < -0.39 is 15.9 Å². The minimum atomic E-state index is -1.17. The van der Waals surface area contributed by atoms with E-state index >= 15 is 0 Å². The zero-order valence-electron chi connectivity index (χ0n) is 15.4. The Morgan fingerprint density at radius 3 is 2.26 bits per heavy atom. The van der Waals surface area contributed by atoms with Crippen LogP contribution in [-0.4, -0.2) is 37.9 Å². The summed E-state index contributed by atoms with van der Waals surface area (Å²) in [5, 5.41) is 12.9. The fourth-order valence-electron chi connectivity index (χ4n) is 2.20. The van der Waals surface area contributed by atoms with Crippen LogP contribution in [0, 0.1) is 10.1 Å². The molecular formula is C18H24N4O4S. The highest BCUT2D eigenvalue weighted by atomic mass is 32.2. The molecule has 1 aromatic carbocycles. The van der Waals surface area contributed by atoms with Crippen molar-refractivity contribution in [1.82, 2.24) is 9.29 Å². The Bertz CT molecular complexity index is 720. The predicted octanol–water partition coefficient (Wildman–Crippen LogP) is 3.39. The highest BCUT2D eigenvalue weighted by molar-refractivity contribution is 7.82. The van der Waals surface area contributed by atoms with E-state index in [1.165, 1.54) is 12.1 Å². The Morgan fingerprint density at radius 1 is 1.15 bits per heavy atom. The molecule has 1 unspecified atom stereocenters. The van der Waals surface area contributed by atoms with Crippen molar-refractivity contribution in [3.05, 3.63) is 58.8 Å². The fourth-order valence-corrected chi connectivity index (χ4v) is 3.45. The number of nitro benzene ring substituents is 1. The van der Waals surface area contributed by atoms with Crippen LogP contribution in [-0.2, 0) is 15.8 Å². The number of aromatic nitrogens is 1. The maximum atomic E-state index is 12.0. The number of benzene rings is 1. The summed E-state index contributed by atoms with van der Waals surface area (Å²) < 4.78 is 13.9. The van der Waals surface area contributed by atoms with Crippen LogP contribution in [0.1, 0.15) is 26.7 Å². The average Bonchev–Trinajstić information content (AvgIpc) is 3.25. The van der Waals surface area contributed by atoms with E-state index in [2.05, 4.69) is 10.3 Å². The third kappa shape index (κ3) is 7.63. The van der Waals surface area contributed by atoms with Gasteiger partial charge in [0.05, 0.1) is 9.82 Å². The molecule has 3 rings (SSSR count). The van der Waals surface area contributed by atoms with E-state index in [4.69, 9.17) is 0 Å². The number of anilines is 1. The van der Waals surface area contributed by atoms with Crippen LogP contribution in [0.2, 0.25) is 0 Å². The van der Waals surface area contributed by atoms with E-state index in [0.29, 0.717) is 17.1 Å². The summed E-state index contributed by atoms with van der Waals surface area (Å²) in [7, 11) is -1.17. The van der Waals surface area contributed by atoms with Gasteiger partial charge in [0.2, 0.25) is 6.41 Å². The molecule has 27 heavy (non-hydrogen) atoms. The highest BCUT2D eigenvalue weighted by Gasteiger charge is 2.19. The molecule has 9 heteroatoms. The first-order valence-electron chi connectivity index (χ1n) is 8.64. The quantitative estimate of drug-likeness (QED) is 0.477. The smallest absolute Gasteiger partial charge is 0.269 e. The van der Waals surface area contributed by atoms with Crippen LogP contribution in [0.4, 0.5) is 11.5 Å². The summed E-state index contributed by atoms with van der Waals surface area (Å²) in [4.78, 5) is 24.3. The monoisotopic (exact) mass is 392 g/mol. The molecule has 0 spiro atoms. The van der Waals surface area contributed by atoms with Crippen molar-refractivity contribution in [3.63, 3.8) is 0 Å². The molecule has 2 aromatic rings. The van der Waals surface area contributed by atoms with E-state index in [0.717, 1.165) is 25.9 Å². The molecule has 1 atom stereocenters. The molecule has 0 bridgehead atoms. The zero-order valence-corrected chi connectivity index (χ0v) is 16.2. The molecule has 1 amide bonds. The van der Waals surface area contributed by atoms with Crippen molar-refractivity contribution in [3.8, 4) is 0 Å².